The summed E-state index contributed by atoms with van der Waals surface area (Å²) in [5.74, 6) is -0.467. The molecule has 2 rings (SSSR count). The molecule has 1 atom stereocenters. The van der Waals surface area contributed by atoms with Crippen molar-refractivity contribution in [2.45, 2.75) is 39.3 Å². The second-order valence-electron chi connectivity index (χ2n) is 5.99. The Labute approximate surface area is 130 Å². The topological polar surface area (TPSA) is 55.8 Å². The highest BCUT2D eigenvalue weighted by atomic mass is 16.6. The van der Waals surface area contributed by atoms with Gasteiger partial charge in [0, 0.05) is 6.20 Å². The molecule has 1 aliphatic heterocycles. The van der Waals surface area contributed by atoms with E-state index in [-0.39, 0.29) is 6.61 Å². The zero-order chi connectivity index (χ0) is 16.3. The number of carbonyl (C=O) groups excluding carboxylic acids is 2. The highest BCUT2D eigenvalue weighted by Gasteiger charge is 2.36. The van der Waals surface area contributed by atoms with Crippen molar-refractivity contribution in [3.8, 4) is 0 Å². The molecule has 0 bridgehead atoms. The van der Waals surface area contributed by atoms with Gasteiger partial charge >= 0.3 is 12.1 Å². The van der Waals surface area contributed by atoms with Crippen molar-refractivity contribution in [3.05, 3.63) is 41.6 Å². The first-order valence-corrected chi connectivity index (χ1v) is 7.28. The minimum absolute atomic E-state index is 0.253. The quantitative estimate of drug-likeness (QED) is 0.785. The minimum Gasteiger partial charge on any atom is -0.464 e. The van der Waals surface area contributed by atoms with Gasteiger partial charge in [-0.15, -0.1) is 0 Å². The summed E-state index contributed by atoms with van der Waals surface area (Å²) in [7, 11) is 0. The van der Waals surface area contributed by atoms with E-state index >= 15 is 0 Å². The third-order valence-corrected chi connectivity index (χ3v) is 3.10. The van der Waals surface area contributed by atoms with Crippen LogP contribution in [0.15, 0.2) is 30.5 Å². The van der Waals surface area contributed by atoms with Crippen LogP contribution in [-0.2, 0) is 14.3 Å². The zero-order valence-electron chi connectivity index (χ0n) is 13.3. The van der Waals surface area contributed by atoms with Crippen LogP contribution >= 0.6 is 0 Å². The van der Waals surface area contributed by atoms with Crippen LogP contribution in [0.1, 0.15) is 44.9 Å². The van der Waals surface area contributed by atoms with E-state index in [1.807, 2.05) is 24.3 Å². The zero-order valence-corrected chi connectivity index (χ0v) is 13.3. The molecule has 0 fully saturated rings. The number of hydrogen-bond donors (Lipinski definition) is 0. The van der Waals surface area contributed by atoms with E-state index in [2.05, 4.69) is 0 Å². The molecule has 1 aromatic rings. The summed E-state index contributed by atoms with van der Waals surface area (Å²) in [5, 5.41) is 0. The van der Waals surface area contributed by atoms with Gasteiger partial charge in [-0.2, -0.15) is 0 Å². The van der Waals surface area contributed by atoms with E-state index in [0.29, 0.717) is 0 Å². The molecule has 118 valence electrons. The monoisotopic (exact) mass is 303 g/mol. The normalized spacial score (nSPS) is 16.9. The molecule has 1 aromatic carbocycles. The Morgan fingerprint density at radius 2 is 1.91 bits per heavy atom. The lowest BCUT2D eigenvalue weighted by Crippen LogP contribution is -2.41. The van der Waals surface area contributed by atoms with Gasteiger partial charge in [0.15, 0.2) is 6.04 Å². The third-order valence-electron chi connectivity index (χ3n) is 3.10. The van der Waals surface area contributed by atoms with Gasteiger partial charge in [0.1, 0.15) is 5.60 Å². The molecular weight excluding hydrogens is 282 g/mol. The van der Waals surface area contributed by atoms with E-state index in [1.165, 1.54) is 4.90 Å². The summed E-state index contributed by atoms with van der Waals surface area (Å²) in [5.41, 5.74) is 0.982. The van der Waals surface area contributed by atoms with Gasteiger partial charge in [-0.1, -0.05) is 24.3 Å². The van der Waals surface area contributed by atoms with Crippen molar-refractivity contribution < 1.29 is 19.1 Å². The number of amides is 1. The second kappa shape index (κ2) is 6.22. The van der Waals surface area contributed by atoms with Crippen LogP contribution in [0, 0.1) is 0 Å². The SMILES string of the molecule is CCOC(=O)C1c2ccccc2C=CN1C(=O)OC(C)(C)C. The van der Waals surface area contributed by atoms with Crippen molar-refractivity contribution in [1.82, 2.24) is 4.90 Å². The van der Waals surface area contributed by atoms with Gasteiger partial charge < -0.3 is 9.47 Å². The van der Waals surface area contributed by atoms with Crippen LogP contribution in [0.2, 0.25) is 0 Å². The molecule has 22 heavy (non-hydrogen) atoms. The van der Waals surface area contributed by atoms with Crippen LogP contribution in [0.25, 0.3) is 6.08 Å². The first kappa shape index (κ1) is 16.1. The third kappa shape index (κ3) is 3.47. The van der Waals surface area contributed by atoms with E-state index in [4.69, 9.17) is 9.47 Å². The van der Waals surface area contributed by atoms with E-state index in [0.717, 1.165) is 11.1 Å². The molecule has 1 unspecified atom stereocenters. The van der Waals surface area contributed by atoms with Crippen LogP contribution < -0.4 is 0 Å². The molecule has 1 heterocycles. The smallest absolute Gasteiger partial charge is 0.415 e. The van der Waals surface area contributed by atoms with Gasteiger partial charge in [0.2, 0.25) is 0 Å². The van der Waals surface area contributed by atoms with Crippen molar-refractivity contribution in [1.29, 1.82) is 0 Å². The largest absolute Gasteiger partial charge is 0.464 e. The fraction of sp³-hybridized carbons (Fsp3) is 0.412. The van der Waals surface area contributed by atoms with Gasteiger partial charge in [0.25, 0.3) is 0 Å². The number of carbonyl (C=O) groups is 2. The molecule has 0 aliphatic carbocycles. The number of ether oxygens (including phenoxy) is 2. The van der Waals surface area contributed by atoms with Crippen LogP contribution in [0.4, 0.5) is 4.79 Å². The number of nitrogens with zero attached hydrogens (tertiary/aromatic N) is 1. The molecule has 5 heteroatoms. The van der Waals surface area contributed by atoms with E-state index in [9.17, 15) is 9.59 Å². The van der Waals surface area contributed by atoms with Crippen LogP contribution in [0.3, 0.4) is 0 Å². The Balaban J connectivity index is 2.37. The standard InChI is InChI=1S/C17H21NO4/c1-5-21-15(19)14-13-9-7-6-8-12(13)10-11-18(14)16(20)22-17(2,3)4/h6-11,14H,5H2,1-4H3. The lowest BCUT2D eigenvalue weighted by atomic mass is 9.96. The molecular formula is C17H21NO4. The number of benzene rings is 1. The summed E-state index contributed by atoms with van der Waals surface area (Å²) in [6.45, 7) is 7.34. The Hall–Kier alpha value is -2.30. The summed E-state index contributed by atoms with van der Waals surface area (Å²) >= 11 is 0. The molecule has 0 N–H and O–H groups in total. The van der Waals surface area contributed by atoms with Crippen molar-refractivity contribution in [2.75, 3.05) is 6.61 Å². The predicted molar refractivity (Wildman–Crippen MR) is 82.9 cm³/mol. The van der Waals surface area contributed by atoms with Crippen molar-refractivity contribution in [3.63, 3.8) is 0 Å². The van der Waals surface area contributed by atoms with Gasteiger partial charge in [-0.3, -0.25) is 4.90 Å². The number of hydrogen-bond acceptors (Lipinski definition) is 4. The second-order valence-corrected chi connectivity index (χ2v) is 5.99. The fourth-order valence-electron chi connectivity index (χ4n) is 2.25. The van der Waals surface area contributed by atoms with Gasteiger partial charge in [-0.05, 0) is 44.9 Å². The number of rotatable bonds is 2. The maximum atomic E-state index is 12.4. The Kier molecular flexibility index (Phi) is 4.54. The number of esters is 1. The maximum Gasteiger partial charge on any atom is 0.415 e. The predicted octanol–water partition coefficient (Wildman–Crippen LogP) is 3.51. The average molecular weight is 303 g/mol. The summed E-state index contributed by atoms with van der Waals surface area (Å²) in [6, 6.07) is 6.60. The summed E-state index contributed by atoms with van der Waals surface area (Å²) in [4.78, 5) is 26.0. The van der Waals surface area contributed by atoms with Crippen LogP contribution in [-0.4, -0.2) is 29.2 Å². The fourth-order valence-corrected chi connectivity index (χ4v) is 2.25. The van der Waals surface area contributed by atoms with E-state index in [1.54, 1.807) is 40.0 Å². The summed E-state index contributed by atoms with van der Waals surface area (Å²) in [6.07, 6.45) is 2.78. The Bertz CT molecular complexity index is 601. The lowest BCUT2D eigenvalue weighted by molar-refractivity contribution is -0.148. The number of fused-ring (bicyclic) bond motifs is 1. The molecule has 0 radical (unpaired) electrons. The lowest BCUT2D eigenvalue weighted by Gasteiger charge is -2.33. The first-order chi connectivity index (χ1) is 10.3. The molecule has 5 nitrogen and oxygen atoms in total. The van der Waals surface area contributed by atoms with E-state index < -0.39 is 23.7 Å². The van der Waals surface area contributed by atoms with Gasteiger partial charge in [0.05, 0.1) is 6.61 Å². The Morgan fingerprint density at radius 3 is 2.55 bits per heavy atom. The summed E-state index contributed by atoms with van der Waals surface area (Å²) < 4.78 is 10.5. The van der Waals surface area contributed by atoms with Gasteiger partial charge in [-0.25, -0.2) is 9.59 Å². The Morgan fingerprint density at radius 1 is 1.23 bits per heavy atom. The molecule has 0 aromatic heterocycles. The van der Waals surface area contributed by atoms with Crippen LogP contribution in [0.5, 0.6) is 0 Å². The molecule has 0 spiro atoms. The minimum atomic E-state index is -0.823. The first-order valence-electron chi connectivity index (χ1n) is 7.28. The molecule has 0 saturated heterocycles. The molecule has 1 amide bonds. The molecule has 1 aliphatic rings. The van der Waals surface area contributed by atoms with Crippen molar-refractivity contribution in [2.24, 2.45) is 0 Å². The highest BCUT2D eigenvalue weighted by Crippen LogP contribution is 2.32. The molecule has 0 saturated carbocycles. The average Bonchev–Trinajstić information content (AvgIpc) is 2.44. The maximum absolute atomic E-state index is 12.4. The van der Waals surface area contributed by atoms with Crippen molar-refractivity contribution >= 4 is 18.1 Å². The highest BCUT2D eigenvalue weighted by molar-refractivity contribution is 5.87.